The van der Waals surface area contributed by atoms with E-state index < -0.39 is 17.3 Å². The minimum Gasteiger partial charge on any atom is -0.511 e. The summed E-state index contributed by atoms with van der Waals surface area (Å²) in [6.07, 6.45) is 0.0831. The molecule has 128 valence electrons. The molecule has 0 radical (unpaired) electrons. The number of hydrogen-bond acceptors (Lipinski definition) is 6. The van der Waals surface area contributed by atoms with Crippen LogP contribution in [0.3, 0.4) is 0 Å². The molecule has 0 spiro atoms. The molecule has 2 rings (SSSR count). The molecule has 0 heterocycles. The lowest BCUT2D eigenvalue weighted by Crippen LogP contribution is -2.41. The summed E-state index contributed by atoms with van der Waals surface area (Å²) in [6.45, 7) is 5.02. The van der Waals surface area contributed by atoms with Crippen molar-refractivity contribution in [3.8, 4) is 5.75 Å². The number of ketones is 1. The maximum absolute atomic E-state index is 12.5. The Morgan fingerprint density at radius 2 is 1.92 bits per heavy atom. The highest BCUT2D eigenvalue weighted by atomic mass is 16.5. The van der Waals surface area contributed by atoms with Crippen molar-refractivity contribution < 1.29 is 24.5 Å². The van der Waals surface area contributed by atoms with Crippen LogP contribution in [0.5, 0.6) is 5.75 Å². The molecule has 0 amide bonds. The predicted molar refractivity (Wildman–Crippen MR) is 89.4 cm³/mol. The van der Waals surface area contributed by atoms with Crippen LogP contribution in [0.1, 0.15) is 27.2 Å². The number of phenolic OH excluding ortho intramolecular Hbond substituents is 1. The topological polar surface area (TPSA) is 96.2 Å². The van der Waals surface area contributed by atoms with Gasteiger partial charge in [-0.1, -0.05) is 26.0 Å². The fourth-order valence-corrected chi connectivity index (χ4v) is 2.99. The van der Waals surface area contributed by atoms with Gasteiger partial charge in [-0.15, -0.1) is 0 Å². The number of aliphatic hydroxyl groups is 1. The lowest BCUT2D eigenvalue weighted by molar-refractivity contribution is -0.150. The van der Waals surface area contributed by atoms with E-state index in [-0.39, 0.29) is 40.7 Å². The molecular weight excluding hydrogens is 310 g/mol. The van der Waals surface area contributed by atoms with Gasteiger partial charge in [0.25, 0.3) is 0 Å². The zero-order valence-electron chi connectivity index (χ0n) is 14.2. The van der Waals surface area contributed by atoms with Crippen molar-refractivity contribution in [3.63, 3.8) is 0 Å². The van der Waals surface area contributed by atoms with Crippen LogP contribution < -0.4 is 0 Å². The van der Waals surface area contributed by atoms with Crippen LogP contribution in [0.15, 0.2) is 40.6 Å². The molecule has 0 fully saturated rings. The highest BCUT2D eigenvalue weighted by Gasteiger charge is 2.47. The maximum atomic E-state index is 12.5. The third-order valence-electron chi connectivity index (χ3n) is 4.17. The summed E-state index contributed by atoms with van der Waals surface area (Å²) >= 11 is 0. The Morgan fingerprint density at radius 3 is 2.50 bits per heavy atom. The number of aliphatic hydroxyl groups excluding tert-OH is 1. The van der Waals surface area contributed by atoms with E-state index in [1.165, 1.54) is 13.2 Å². The quantitative estimate of drug-likeness (QED) is 0.655. The SMILES string of the molecule is COC(=O)[C@@H]1C(O)=C(C(C)=Nc2ccccc2O)C(=O)CC1(C)C. The molecule has 1 aliphatic rings. The van der Waals surface area contributed by atoms with Crippen LogP contribution in [-0.4, -0.2) is 34.8 Å². The highest BCUT2D eigenvalue weighted by Crippen LogP contribution is 2.42. The number of nitrogens with zero attached hydrogens (tertiary/aromatic N) is 1. The Labute approximate surface area is 140 Å². The number of ether oxygens (including phenoxy) is 1. The molecule has 1 atom stereocenters. The Hall–Kier alpha value is -2.63. The number of methoxy groups -OCH3 is 1. The summed E-state index contributed by atoms with van der Waals surface area (Å²) in [5.74, 6) is -2.21. The number of carbonyl (C=O) groups is 2. The van der Waals surface area contributed by atoms with Gasteiger partial charge in [0, 0.05) is 6.42 Å². The largest absolute Gasteiger partial charge is 0.511 e. The third-order valence-corrected chi connectivity index (χ3v) is 4.17. The predicted octanol–water partition coefficient (Wildman–Crippen LogP) is 3.08. The van der Waals surface area contributed by atoms with E-state index in [1.807, 2.05) is 0 Å². The van der Waals surface area contributed by atoms with Crippen molar-refractivity contribution in [3.05, 3.63) is 35.6 Å². The van der Waals surface area contributed by atoms with Gasteiger partial charge < -0.3 is 14.9 Å². The van der Waals surface area contributed by atoms with Crippen molar-refractivity contribution in [2.75, 3.05) is 7.11 Å². The molecule has 24 heavy (non-hydrogen) atoms. The van der Waals surface area contributed by atoms with E-state index in [4.69, 9.17) is 4.74 Å². The zero-order chi connectivity index (χ0) is 18.1. The van der Waals surface area contributed by atoms with E-state index in [1.54, 1.807) is 39.0 Å². The lowest BCUT2D eigenvalue weighted by Gasteiger charge is -2.36. The van der Waals surface area contributed by atoms with E-state index in [9.17, 15) is 19.8 Å². The minimum atomic E-state index is -0.940. The molecule has 0 saturated carbocycles. The van der Waals surface area contributed by atoms with Gasteiger partial charge in [-0.3, -0.25) is 9.59 Å². The molecule has 6 heteroatoms. The van der Waals surface area contributed by atoms with Crippen LogP contribution in [-0.2, 0) is 14.3 Å². The summed E-state index contributed by atoms with van der Waals surface area (Å²) in [7, 11) is 1.24. The standard InChI is InChI=1S/C18H21NO5/c1-10(19-11-7-5-6-8-12(11)20)14-13(21)9-18(2,3)15(16(14)22)17(23)24-4/h5-8,15,20,22H,9H2,1-4H3/t15-/m0/s1. The van der Waals surface area contributed by atoms with Gasteiger partial charge in [0.2, 0.25) is 0 Å². The summed E-state index contributed by atoms with van der Waals surface area (Å²) in [6, 6.07) is 6.42. The number of carbonyl (C=O) groups excluding carboxylic acids is 2. The van der Waals surface area contributed by atoms with E-state index in [2.05, 4.69) is 4.99 Å². The van der Waals surface area contributed by atoms with Gasteiger partial charge >= 0.3 is 5.97 Å². The number of benzene rings is 1. The fourth-order valence-electron chi connectivity index (χ4n) is 2.99. The van der Waals surface area contributed by atoms with Gasteiger partial charge in [0.1, 0.15) is 23.1 Å². The summed E-state index contributed by atoms with van der Waals surface area (Å²) in [4.78, 5) is 28.8. The second-order valence-electron chi connectivity index (χ2n) is 6.49. The van der Waals surface area contributed by atoms with Crippen molar-refractivity contribution in [1.82, 2.24) is 0 Å². The lowest BCUT2D eigenvalue weighted by atomic mass is 9.68. The average molecular weight is 331 g/mol. The van der Waals surface area contributed by atoms with Gasteiger partial charge in [0.15, 0.2) is 5.78 Å². The first-order valence-electron chi connectivity index (χ1n) is 7.57. The Kier molecular flexibility index (Phi) is 4.78. The highest BCUT2D eigenvalue weighted by molar-refractivity contribution is 6.23. The van der Waals surface area contributed by atoms with Gasteiger partial charge in [0.05, 0.1) is 18.4 Å². The van der Waals surface area contributed by atoms with E-state index in [0.717, 1.165) is 0 Å². The summed E-state index contributed by atoms with van der Waals surface area (Å²) in [5.41, 5.74) is -0.230. The Balaban J connectivity index is 2.56. The second kappa shape index (κ2) is 6.47. The number of phenols is 1. The molecule has 1 aromatic carbocycles. The Morgan fingerprint density at radius 1 is 1.29 bits per heavy atom. The van der Waals surface area contributed by atoms with Gasteiger partial charge in [-0.2, -0.15) is 0 Å². The summed E-state index contributed by atoms with van der Waals surface area (Å²) in [5, 5.41) is 20.4. The number of Topliss-reactive ketones (excluding diaryl/α,β-unsaturated/α-hetero) is 1. The van der Waals surface area contributed by atoms with E-state index >= 15 is 0 Å². The second-order valence-corrected chi connectivity index (χ2v) is 6.49. The number of esters is 1. The number of rotatable bonds is 3. The normalized spacial score (nSPS) is 20.9. The summed E-state index contributed by atoms with van der Waals surface area (Å²) < 4.78 is 4.77. The van der Waals surface area contributed by atoms with E-state index in [0.29, 0.717) is 0 Å². The molecule has 0 aliphatic heterocycles. The van der Waals surface area contributed by atoms with Gasteiger partial charge in [-0.05, 0) is 24.5 Å². The maximum Gasteiger partial charge on any atom is 0.316 e. The van der Waals surface area contributed by atoms with Crippen molar-refractivity contribution in [2.45, 2.75) is 27.2 Å². The minimum absolute atomic E-state index is 0.00739. The Bertz CT molecular complexity index is 746. The first kappa shape index (κ1) is 17.7. The first-order chi connectivity index (χ1) is 11.2. The molecule has 0 saturated heterocycles. The molecule has 6 nitrogen and oxygen atoms in total. The fraction of sp³-hybridized carbons (Fsp3) is 0.389. The zero-order valence-corrected chi connectivity index (χ0v) is 14.2. The molecule has 2 N–H and O–H groups in total. The van der Waals surface area contributed by atoms with Gasteiger partial charge in [-0.25, -0.2) is 4.99 Å². The van der Waals surface area contributed by atoms with Crippen LogP contribution >= 0.6 is 0 Å². The molecular formula is C18H21NO5. The monoisotopic (exact) mass is 331 g/mol. The first-order valence-corrected chi connectivity index (χ1v) is 7.57. The number of aromatic hydroxyl groups is 1. The van der Waals surface area contributed by atoms with Crippen LogP contribution in [0, 0.1) is 11.3 Å². The van der Waals surface area contributed by atoms with Crippen molar-refractivity contribution in [1.29, 1.82) is 0 Å². The number of allylic oxidation sites excluding steroid dienone is 1. The molecule has 0 unspecified atom stereocenters. The van der Waals surface area contributed by atoms with Crippen LogP contribution in [0.4, 0.5) is 5.69 Å². The number of hydrogen-bond donors (Lipinski definition) is 2. The molecule has 1 aliphatic carbocycles. The van der Waals surface area contributed by atoms with Crippen LogP contribution in [0.25, 0.3) is 0 Å². The molecule has 1 aromatic rings. The average Bonchev–Trinajstić information content (AvgIpc) is 2.47. The third kappa shape index (κ3) is 3.18. The molecule has 0 aromatic heterocycles. The number of para-hydroxylation sites is 2. The van der Waals surface area contributed by atoms with Crippen LogP contribution in [0.2, 0.25) is 0 Å². The smallest absolute Gasteiger partial charge is 0.316 e. The van der Waals surface area contributed by atoms with Crippen molar-refractivity contribution >= 4 is 23.2 Å². The number of aliphatic imine (C=N–C) groups is 1. The van der Waals surface area contributed by atoms with Crippen molar-refractivity contribution in [2.24, 2.45) is 16.3 Å². The molecule has 0 bridgehead atoms.